The van der Waals surface area contributed by atoms with E-state index >= 15 is 0 Å². The molecule has 0 aromatic heterocycles. The molecule has 3 amide bonds. The van der Waals surface area contributed by atoms with Crippen LogP contribution in [0.1, 0.15) is 42.9 Å². The molecule has 0 bridgehead atoms. The maximum atomic E-state index is 12.9. The molecule has 0 radical (unpaired) electrons. The molecule has 3 rings (SSSR count). The van der Waals surface area contributed by atoms with Crippen molar-refractivity contribution in [2.45, 2.75) is 38.4 Å². The summed E-state index contributed by atoms with van der Waals surface area (Å²) in [5, 5.41) is 8.03. The summed E-state index contributed by atoms with van der Waals surface area (Å²) < 4.78 is 38.2. The molecular weight excluding hydrogens is 467 g/mol. The van der Waals surface area contributed by atoms with Crippen LogP contribution in [0.5, 0.6) is 0 Å². The van der Waals surface area contributed by atoms with Crippen molar-refractivity contribution < 1.29 is 22.8 Å². The molecule has 0 heterocycles. The van der Waals surface area contributed by atoms with Gasteiger partial charge in [-0.05, 0) is 47.7 Å². The number of carbonyl (C=O) groups is 2. The predicted octanol–water partition coefficient (Wildman–Crippen LogP) is 6.19. The Kier molecular flexibility index (Phi) is 9.11. The van der Waals surface area contributed by atoms with Crippen LogP contribution in [0.4, 0.5) is 23.7 Å². The number of anilines is 1. The minimum atomic E-state index is -4.46. The molecule has 36 heavy (non-hydrogen) atoms. The monoisotopic (exact) mass is 497 g/mol. The second kappa shape index (κ2) is 12.2. The van der Waals surface area contributed by atoms with E-state index in [1.54, 1.807) is 13.8 Å². The summed E-state index contributed by atoms with van der Waals surface area (Å²) in [6.45, 7) is 4.01. The normalized spacial score (nSPS) is 12.3. The fourth-order valence-corrected chi connectivity index (χ4v) is 3.93. The van der Waals surface area contributed by atoms with Crippen molar-refractivity contribution in [3.8, 4) is 0 Å². The number of urea groups is 1. The first kappa shape index (κ1) is 26.8. The largest absolute Gasteiger partial charge is 0.416 e. The number of hydrogen-bond acceptors (Lipinski definition) is 2. The highest BCUT2D eigenvalue weighted by molar-refractivity contribution is 5.93. The second-order valence-electron chi connectivity index (χ2n) is 8.85. The number of hydrogen-bond donors (Lipinski definition) is 3. The van der Waals surface area contributed by atoms with Crippen LogP contribution in [0, 0.1) is 5.92 Å². The van der Waals surface area contributed by atoms with Crippen LogP contribution in [0.2, 0.25) is 0 Å². The molecular formula is C28H30F3N3O2. The van der Waals surface area contributed by atoms with E-state index < -0.39 is 23.8 Å². The molecule has 0 aliphatic rings. The number of halogens is 3. The molecule has 1 atom stereocenters. The van der Waals surface area contributed by atoms with Gasteiger partial charge in [0, 0.05) is 18.2 Å². The quantitative estimate of drug-likeness (QED) is 0.330. The SMILES string of the molecule is CC(C)C(NC(=O)Nc1ccc(C(F)(F)F)cc1)C(=O)NCCC(c1ccccc1)c1ccccc1. The highest BCUT2D eigenvalue weighted by Crippen LogP contribution is 2.30. The van der Waals surface area contributed by atoms with E-state index in [4.69, 9.17) is 0 Å². The summed E-state index contributed by atoms with van der Waals surface area (Å²) in [6, 6.07) is 22.7. The van der Waals surface area contributed by atoms with Gasteiger partial charge in [0.05, 0.1) is 5.56 Å². The predicted molar refractivity (Wildman–Crippen MR) is 135 cm³/mol. The molecule has 3 aromatic carbocycles. The molecule has 3 N–H and O–H groups in total. The van der Waals surface area contributed by atoms with Crippen molar-refractivity contribution in [2.24, 2.45) is 5.92 Å². The van der Waals surface area contributed by atoms with Crippen molar-refractivity contribution in [1.82, 2.24) is 10.6 Å². The molecule has 3 aromatic rings. The summed E-state index contributed by atoms with van der Waals surface area (Å²) in [6.07, 6.45) is -3.79. The van der Waals surface area contributed by atoms with E-state index in [-0.39, 0.29) is 23.4 Å². The lowest BCUT2D eigenvalue weighted by molar-refractivity contribution is -0.137. The molecule has 0 fully saturated rings. The Morgan fingerprint density at radius 1 is 0.806 bits per heavy atom. The van der Waals surface area contributed by atoms with Gasteiger partial charge in [-0.15, -0.1) is 0 Å². The zero-order valence-electron chi connectivity index (χ0n) is 20.2. The first-order valence-corrected chi connectivity index (χ1v) is 11.8. The molecule has 0 saturated heterocycles. The average molecular weight is 498 g/mol. The number of rotatable bonds is 9. The van der Waals surface area contributed by atoms with E-state index in [1.807, 2.05) is 36.4 Å². The van der Waals surface area contributed by atoms with Gasteiger partial charge in [0.1, 0.15) is 6.04 Å². The Balaban J connectivity index is 1.58. The van der Waals surface area contributed by atoms with Gasteiger partial charge in [0.2, 0.25) is 5.91 Å². The number of benzene rings is 3. The minimum Gasteiger partial charge on any atom is -0.354 e. The van der Waals surface area contributed by atoms with Crippen LogP contribution in [0.25, 0.3) is 0 Å². The van der Waals surface area contributed by atoms with Crippen LogP contribution in [0.15, 0.2) is 84.9 Å². The van der Waals surface area contributed by atoms with Gasteiger partial charge in [0.25, 0.3) is 0 Å². The van der Waals surface area contributed by atoms with Crippen molar-refractivity contribution in [1.29, 1.82) is 0 Å². The Morgan fingerprint density at radius 3 is 1.81 bits per heavy atom. The summed E-state index contributed by atoms with van der Waals surface area (Å²) in [5.74, 6) is -0.434. The minimum absolute atomic E-state index is 0.0983. The van der Waals surface area contributed by atoms with Crippen LogP contribution < -0.4 is 16.0 Å². The number of nitrogens with one attached hydrogen (secondary N) is 3. The lowest BCUT2D eigenvalue weighted by Crippen LogP contribution is -2.51. The first-order valence-electron chi connectivity index (χ1n) is 11.8. The van der Waals surface area contributed by atoms with E-state index in [9.17, 15) is 22.8 Å². The Bertz CT molecular complexity index is 1080. The van der Waals surface area contributed by atoms with E-state index in [0.717, 1.165) is 23.3 Å². The van der Waals surface area contributed by atoms with Crippen LogP contribution in [-0.2, 0) is 11.0 Å². The second-order valence-corrected chi connectivity index (χ2v) is 8.85. The number of carbonyl (C=O) groups excluding carboxylic acids is 2. The molecule has 0 saturated carbocycles. The van der Waals surface area contributed by atoms with Gasteiger partial charge in [-0.2, -0.15) is 13.2 Å². The summed E-state index contributed by atoms with van der Waals surface area (Å²) >= 11 is 0. The molecule has 190 valence electrons. The maximum Gasteiger partial charge on any atom is 0.416 e. The molecule has 0 aliphatic heterocycles. The fraction of sp³-hybridized carbons (Fsp3) is 0.286. The van der Waals surface area contributed by atoms with Crippen molar-refractivity contribution in [3.05, 3.63) is 102 Å². The zero-order chi connectivity index (χ0) is 26.1. The molecule has 1 unspecified atom stereocenters. The van der Waals surface area contributed by atoms with E-state index in [0.29, 0.717) is 13.0 Å². The summed E-state index contributed by atoms with van der Waals surface area (Å²) in [5.41, 5.74) is 1.67. The van der Waals surface area contributed by atoms with Gasteiger partial charge in [0.15, 0.2) is 0 Å². The maximum absolute atomic E-state index is 12.9. The van der Waals surface area contributed by atoms with Gasteiger partial charge < -0.3 is 16.0 Å². The molecule has 0 aliphatic carbocycles. The van der Waals surface area contributed by atoms with Crippen molar-refractivity contribution in [2.75, 3.05) is 11.9 Å². The smallest absolute Gasteiger partial charge is 0.354 e. The lowest BCUT2D eigenvalue weighted by atomic mass is 9.88. The summed E-state index contributed by atoms with van der Waals surface area (Å²) in [7, 11) is 0. The summed E-state index contributed by atoms with van der Waals surface area (Å²) in [4.78, 5) is 25.3. The van der Waals surface area contributed by atoms with E-state index in [2.05, 4.69) is 40.2 Å². The van der Waals surface area contributed by atoms with Crippen LogP contribution in [0.3, 0.4) is 0 Å². The van der Waals surface area contributed by atoms with Crippen molar-refractivity contribution >= 4 is 17.6 Å². The number of alkyl halides is 3. The lowest BCUT2D eigenvalue weighted by Gasteiger charge is -2.23. The van der Waals surface area contributed by atoms with Crippen molar-refractivity contribution in [3.63, 3.8) is 0 Å². The van der Waals surface area contributed by atoms with Crippen LogP contribution in [-0.4, -0.2) is 24.5 Å². The molecule has 0 spiro atoms. The van der Waals surface area contributed by atoms with Gasteiger partial charge in [-0.1, -0.05) is 74.5 Å². The Morgan fingerprint density at radius 2 is 1.33 bits per heavy atom. The topological polar surface area (TPSA) is 70.2 Å². The fourth-order valence-electron chi connectivity index (χ4n) is 3.93. The third kappa shape index (κ3) is 7.60. The highest BCUT2D eigenvalue weighted by Gasteiger charge is 2.30. The van der Waals surface area contributed by atoms with Gasteiger partial charge in [-0.25, -0.2) is 4.79 Å². The third-order valence-electron chi connectivity index (χ3n) is 5.84. The molecule has 8 heteroatoms. The average Bonchev–Trinajstić information content (AvgIpc) is 2.85. The third-order valence-corrected chi connectivity index (χ3v) is 5.84. The standard InChI is InChI=1S/C28H30F3N3O2/c1-19(2)25(34-27(36)33-23-15-13-22(14-16-23)28(29,30)31)26(35)32-18-17-24(20-9-5-3-6-10-20)21-11-7-4-8-12-21/h3-16,19,24-25H,17-18H2,1-2H3,(H,32,35)(H2,33,34,36). The zero-order valence-corrected chi connectivity index (χ0v) is 20.2. The van der Waals surface area contributed by atoms with Gasteiger partial charge >= 0.3 is 12.2 Å². The van der Waals surface area contributed by atoms with Crippen LogP contribution >= 0.6 is 0 Å². The molecule has 5 nitrogen and oxygen atoms in total. The Labute approximate surface area is 209 Å². The first-order chi connectivity index (χ1) is 17.1. The van der Waals surface area contributed by atoms with E-state index in [1.165, 1.54) is 12.1 Å². The Hall–Kier alpha value is -3.81. The number of amides is 3. The highest BCUT2D eigenvalue weighted by atomic mass is 19.4. The van der Waals surface area contributed by atoms with Gasteiger partial charge in [-0.3, -0.25) is 4.79 Å².